The van der Waals surface area contributed by atoms with Crippen molar-refractivity contribution in [1.29, 1.82) is 0 Å². The van der Waals surface area contributed by atoms with E-state index < -0.39 is 0 Å². The Labute approximate surface area is 117 Å². The largest absolute Gasteiger partial charge is 0.397 e. The molecule has 3 rings (SSSR count). The molecule has 3 aromatic rings. The first-order valence-electron chi connectivity index (χ1n) is 6.34. The van der Waals surface area contributed by atoms with Crippen LogP contribution < -0.4 is 22.5 Å². The van der Waals surface area contributed by atoms with Crippen LogP contribution in [0.2, 0.25) is 0 Å². The van der Waals surface area contributed by atoms with Crippen LogP contribution in [-0.4, -0.2) is 0 Å². The third-order valence-corrected chi connectivity index (χ3v) is 3.28. The Morgan fingerprint density at radius 2 is 1.35 bits per heavy atom. The third-order valence-electron chi connectivity index (χ3n) is 3.28. The van der Waals surface area contributed by atoms with Gasteiger partial charge in [0.1, 0.15) is 0 Å². The lowest BCUT2D eigenvalue weighted by molar-refractivity contribution is 1.56. The van der Waals surface area contributed by atoms with Gasteiger partial charge in [-0.1, -0.05) is 24.3 Å². The molecule has 0 aliphatic rings. The summed E-state index contributed by atoms with van der Waals surface area (Å²) in [7, 11) is 0. The average Bonchev–Trinajstić information content (AvgIpc) is 2.44. The monoisotopic (exact) mass is 264 g/mol. The highest BCUT2D eigenvalue weighted by atomic mass is 14.9. The summed E-state index contributed by atoms with van der Waals surface area (Å²) in [4.78, 5) is 0. The van der Waals surface area contributed by atoms with Crippen LogP contribution in [0.25, 0.3) is 10.8 Å². The van der Waals surface area contributed by atoms with Crippen LogP contribution in [0.5, 0.6) is 0 Å². The third kappa shape index (κ3) is 2.19. The zero-order chi connectivity index (χ0) is 14.1. The molecular weight excluding hydrogens is 248 g/mol. The van der Waals surface area contributed by atoms with Gasteiger partial charge in [-0.15, -0.1) is 0 Å². The van der Waals surface area contributed by atoms with Crippen LogP contribution in [0.15, 0.2) is 54.6 Å². The van der Waals surface area contributed by atoms with E-state index in [9.17, 15) is 0 Å². The molecule has 4 heteroatoms. The molecule has 0 aliphatic heterocycles. The molecule has 7 N–H and O–H groups in total. The van der Waals surface area contributed by atoms with E-state index in [1.165, 1.54) is 0 Å². The van der Waals surface area contributed by atoms with Crippen molar-refractivity contribution in [1.82, 2.24) is 0 Å². The Morgan fingerprint density at radius 3 is 2.05 bits per heavy atom. The van der Waals surface area contributed by atoms with E-state index in [0.717, 1.165) is 22.1 Å². The van der Waals surface area contributed by atoms with Crippen molar-refractivity contribution >= 4 is 39.2 Å². The van der Waals surface area contributed by atoms with Crippen molar-refractivity contribution in [3.63, 3.8) is 0 Å². The summed E-state index contributed by atoms with van der Waals surface area (Å²) in [6.45, 7) is 0. The molecule has 100 valence electrons. The van der Waals surface area contributed by atoms with Crippen LogP contribution in [-0.2, 0) is 0 Å². The number of hydrogen-bond donors (Lipinski definition) is 4. The minimum atomic E-state index is 0.550. The van der Waals surface area contributed by atoms with E-state index in [1.54, 1.807) is 12.1 Å². The summed E-state index contributed by atoms with van der Waals surface area (Å²) < 4.78 is 0. The van der Waals surface area contributed by atoms with Gasteiger partial charge >= 0.3 is 0 Å². The Bertz CT molecular complexity index is 781. The maximum atomic E-state index is 6.08. The Hall–Kier alpha value is -2.88. The molecule has 0 unspecified atom stereocenters. The standard InChI is InChI=1S/C16H16N4/c17-13-6-5-12(9-14(13)18)20-16-8-11-4-2-1-3-10(11)7-15(16)19/h1-9,20H,17-19H2. The van der Waals surface area contributed by atoms with E-state index in [0.29, 0.717) is 17.1 Å². The van der Waals surface area contributed by atoms with Gasteiger partial charge in [0, 0.05) is 5.69 Å². The van der Waals surface area contributed by atoms with Gasteiger partial charge in [0.05, 0.1) is 22.7 Å². The summed E-state index contributed by atoms with van der Waals surface area (Å²) >= 11 is 0. The van der Waals surface area contributed by atoms with Crippen molar-refractivity contribution < 1.29 is 0 Å². The van der Waals surface area contributed by atoms with Gasteiger partial charge in [-0.2, -0.15) is 0 Å². The summed E-state index contributed by atoms with van der Waals surface area (Å²) in [6, 6.07) is 17.5. The zero-order valence-electron chi connectivity index (χ0n) is 10.9. The Balaban J connectivity index is 2.01. The summed E-state index contributed by atoms with van der Waals surface area (Å²) in [5, 5.41) is 5.52. The molecule has 0 amide bonds. The Morgan fingerprint density at radius 1 is 0.650 bits per heavy atom. The number of anilines is 5. The van der Waals surface area contributed by atoms with Gasteiger partial charge in [-0.3, -0.25) is 0 Å². The van der Waals surface area contributed by atoms with Gasteiger partial charge in [0.25, 0.3) is 0 Å². The number of nitrogens with two attached hydrogens (primary N) is 3. The molecule has 0 aromatic heterocycles. The highest BCUT2D eigenvalue weighted by molar-refractivity contribution is 5.92. The predicted octanol–water partition coefficient (Wildman–Crippen LogP) is 3.33. The molecule has 0 spiro atoms. The Kier molecular flexibility index (Phi) is 2.84. The molecule has 0 atom stereocenters. The van der Waals surface area contributed by atoms with E-state index >= 15 is 0 Å². The lowest BCUT2D eigenvalue weighted by Crippen LogP contribution is -1.99. The maximum Gasteiger partial charge on any atom is 0.0624 e. The van der Waals surface area contributed by atoms with Crippen LogP contribution in [0, 0.1) is 0 Å². The van der Waals surface area contributed by atoms with Gasteiger partial charge in [-0.25, -0.2) is 0 Å². The van der Waals surface area contributed by atoms with Gasteiger partial charge in [0.15, 0.2) is 0 Å². The van der Waals surface area contributed by atoms with Gasteiger partial charge in [0.2, 0.25) is 0 Å². The highest BCUT2D eigenvalue weighted by Crippen LogP contribution is 2.30. The van der Waals surface area contributed by atoms with Gasteiger partial charge in [-0.05, 0) is 41.1 Å². The fraction of sp³-hybridized carbons (Fsp3) is 0. The minimum Gasteiger partial charge on any atom is -0.397 e. The second kappa shape index (κ2) is 4.66. The topological polar surface area (TPSA) is 90.1 Å². The number of hydrogen-bond acceptors (Lipinski definition) is 4. The molecule has 3 aromatic carbocycles. The second-order valence-corrected chi connectivity index (χ2v) is 4.76. The maximum absolute atomic E-state index is 6.08. The number of nitrogens with one attached hydrogen (secondary N) is 1. The number of rotatable bonds is 2. The van der Waals surface area contributed by atoms with Crippen LogP contribution in [0.3, 0.4) is 0 Å². The van der Waals surface area contributed by atoms with E-state index in [-0.39, 0.29) is 0 Å². The van der Waals surface area contributed by atoms with Crippen molar-refractivity contribution in [2.24, 2.45) is 0 Å². The van der Waals surface area contributed by atoms with Crippen LogP contribution in [0.1, 0.15) is 0 Å². The van der Waals surface area contributed by atoms with Crippen molar-refractivity contribution in [3.8, 4) is 0 Å². The summed E-state index contributed by atoms with van der Waals surface area (Å²) in [5.41, 5.74) is 21.1. The number of nitrogen functional groups attached to an aromatic ring is 3. The molecule has 4 nitrogen and oxygen atoms in total. The first kappa shape index (κ1) is 12.2. The quantitative estimate of drug-likeness (QED) is 0.534. The smallest absolute Gasteiger partial charge is 0.0624 e. The lowest BCUT2D eigenvalue weighted by atomic mass is 10.1. The SMILES string of the molecule is Nc1ccc(Nc2cc3ccccc3cc2N)cc1N. The molecule has 0 saturated carbocycles. The van der Waals surface area contributed by atoms with Crippen LogP contribution >= 0.6 is 0 Å². The molecule has 0 radical (unpaired) electrons. The highest BCUT2D eigenvalue weighted by Gasteiger charge is 2.04. The molecular formula is C16H16N4. The number of fused-ring (bicyclic) bond motifs is 1. The molecule has 0 fully saturated rings. The van der Waals surface area contributed by atoms with E-state index in [4.69, 9.17) is 17.2 Å². The summed E-state index contributed by atoms with van der Waals surface area (Å²) in [5.74, 6) is 0. The molecule has 0 heterocycles. The fourth-order valence-corrected chi connectivity index (χ4v) is 2.17. The minimum absolute atomic E-state index is 0.550. The average molecular weight is 264 g/mol. The van der Waals surface area contributed by atoms with Crippen LogP contribution in [0.4, 0.5) is 28.4 Å². The van der Waals surface area contributed by atoms with Gasteiger partial charge < -0.3 is 22.5 Å². The first-order chi connectivity index (χ1) is 9.63. The van der Waals surface area contributed by atoms with E-state index in [1.807, 2.05) is 36.4 Å². The van der Waals surface area contributed by atoms with Crippen molar-refractivity contribution in [2.75, 3.05) is 22.5 Å². The second-order valence-electron chi connectivity index (χ2n) is 4.76. The first-order valence-corrected chi connectivity index (χ1v) is 6.34. The molecule has 0 aliphatic carbocycles. The van der Waals surface area contributed by atoms with E-state index in [2.05, 4.69) is 11.4 Å². The normalized spacial score (nSPS) is 10.6. The molecule has 0 saturated heterocycles. The number of benzene rings is 3. The fourth-order valence-electron chi connectivity index (χ4n) is 2.17. The van der Waals surface area contributed by atoms with Crippen molar-refractivity contribution in [3.05, 3.63) is 54.6 Å². The lowest BCUT2D eigenvalue weighted by Gasteiger charge is -2.12. The summed E-state index contributed by atoms with van der Waals surface area (Å²) in [6.07, 6.45) is 0. The van der Waals surface area contributed by atoms with Crippen molar-refractivity contribution in [2.45, 2.75) is 0 Å². The zero-order valence-corrected chi connectivity index (χ0v) is 10.9. The molecule has 20 heavy (non-hydrogen) atoms. The predicted molar refractivity (Wildman–Crippen MR) is 86.9 cm³/mol. The molecule has 0 bridgehead atoms.